The summed E-state index contributed by atoms with van der Waals surface area (Å²) >= 11 is 5.96. The molecule has 0 aliphatic heterocycles. The Bertz CT molecular complexity index is 1260. The lowest BCUT2D eigenvalue weighted by Gasteiger charge is -2.15. The number of hydrogen-bond acceptors (Lipinski definition) is 4. The monoisotopic (exact) mass is 419 g/mol. The highest BCUT2D eigenvalue weighted by Crippen LogP contribution is 2.29. The van der Waals surface area contributed by atoms with Crippen LogP contribution in [0.25, 0.3) is 11.0 Å². The van der Waals surface area contributed by atoms with Crippen LogP contribution in [-0.4, -0.2) is 6.03 Å². The zero-order valence-electron chi connectivity index (χ0n) is 15.8. The van der Waals surface area contributed by atoms with Gasteiger partial charge in [0.1, 0.15) is 5.58 Å². The fraction of sp³-hybridized carbons (Fsp3) is 0.0435. The van der Waals surface area contributed by atoms with Gasteiger partial charge in [0.05, 0.1) is 5.69 Å². The van der Waals surface area contributed by atoms with E-state index in [0.717, 1.165) is 5.56 Å². The summed E-state index contributed by atoms with van der Waals surface area (Å²) in [6.45, 7) is 0.471. The minimum absolute atomic E-state index is 0.0316. The van der Waals surface area contributed by atoms with Crippen molar-refractivity contribution in [1.82, 2.24) is 0 Å². The first kappa shape index (κ1) is 19.5. The predicted molar refractivity (Wildman–Crippen MR) is 120 cm³/mol. The Balaban J connectivity index is 1.66. The Morgan fingerprint density at radius 1 is 0.867 bits per heavy atom. The number of anilines is 3. The average Bonchev–Trinajstić information content (AvgIpc) is 2.74. The highest BCUT2D eigenvalue weighted by molar-refractivity contribution is 6.30. The fourth-order valence-corrected chi connectivity index (χ4v) is 3.27. The van der Waals surface area contributed by atoms with E-state index in [1.807, 2.05) is 42.5 Å². The third-order valence-corrected chi connectivity index (χ3v) is 4.68. The Hall–Kier alpha value is -3.77. The van der Waals surface area contributed by atoms with E-state index in [1.165, 1.54) is 0 Å². The molecule has 0 saturated carbocycles. The molecule has 1 aromatic heterocycles. The number of halogens is 1. The first-order chi connectivity index (χ1) is 14.6. The Kier molecular flexibility index (Phi) is 5.68. The molecule has 30 heavy (non-hydrogen) atoms. The molecule has 2 amide bonds. The summed E-state index contributed by atoms with van der Waals surface area (Å²) in [4.78, 5) is 25.2. The van der Waals surface area contributed by atoms with Gasteiger partial charge < -0.3 is 15.1 Å². The van der Waals surface area contributed by atoms with Crippen LogP contribution in [-0.2, 0) is 6.54 Å². The van der Waals surface area contributed by atoms with E-state index < -0.39 is 11.7 Å². The van der Waals surface area contributed by atoms with Crippen LogP contribution >= 0.6 is 11.6 Å². The van der Waals surface area contributed by atoms with Crippen LogP contribution < -0.4 is 21.6 Å². The van der Waals surface area contributed by atoms with E-state index in [0.29, 0.717) is 33.9 Å². The summed E-state index contributed by atoms with van der Waals surface area (Å²) in [6, 6.07) is 23.1. The third-order valence-electron chi connectivity index (χ3n) is 4.45. The summed E-state index contributed by atoms with van der Waals surface area (Å²) in [6.07, 6.45) is 0. The Morgan fingerprint density at radius 2 is 1.63 bits per heavy atom. The van der Waals surface area contributed by atoms with Crippen LogP contribution in [0.3, 0.4) is 0 Å². The van der Waals surface area contributed by atoms with Gasteiger partial charge >= 0.3 is 11.7 Å². The molecule has 0 spiro atoms. The van der Waals surface area contributed by atoms with Crippen LogP contribution in [0.4, 0.5) is 21.9 Å². The van der Waals surface area contributed by atoms with Gasteiger partial charge in [0, 0.05) is 22.6 Å². The number of fused-ring (bicyclic) bond motifs is 1. The summed E-state index contributed by atoms with van der Waals surface area (Å²) < 4.78 is 5.40. The molecule has 0 fully saturated rings. The van der Waals surface area contributed by atoms with E-state index in [1.54, 1.807) is 36.4 Å². The Morgan fingerprint density at radius 3 is 2.43 bits per heavy atom. The maximum absolute atomic E-state index is 12.6. The van der Waals surface area contributed by atoms with Crippen molar-refractivity contribution in [3.05, 3.63) is 99.9 Å². The highest BCUT2D eigenvalue weighted by Gasteiger charge is 2.17. The summed E-state index contributed by atoms with van der Waals surface area (Å²) in [5.41, 5.74) is 1.84. The van der Waals surface area contributed by atoms with Crippen LogP contribution in [0.1, 0.15) is 5.56 Å². The number of benzene rings is 3. The van der Waals surface area contributed by atoms with Gasteiger partial charge in [-0.25, -0.2) is 9.59 Å². The molecular weight excluding hydrogens is 402 g/mol. The minimum Gasteiger partial charge on any atom is -0.421 e. The van der Waals surface area contributed by atoms with Crippen molar-refractivity contribution < 1.29 is 9.21 Å². The molecule has 3 aromatic carbocycles. The average molecular weight is 420 g/mol. The number of amides is 2. The van der Waals surface area contributed by atoms with Crippen molar-refractivity contribution in [3.8, 4) is 0 Å². The highest BCUT2D eigenvalue weighted by atomic mass is 35.5. The lowest BCUT2D eigenvalue weighted by Crippen LogP contribution is -2.24. The zero-order chi connectivity index (χ0) is 20.9. The summed E-state index contributed by atoms with van der Waals surface area (Å²) in [7, 11) is 0. The summed E-state index contributed by atoms with van der Waals surface area (Å²) in [5, 5.41) is 9.72. The molecule has 0 aliphatic rings. The van der Waals surface area contributed by atoms with E-state index in [2.05, 4.69) is 16.0 Å². The Labute approximate surface area is 177 Å². The van der Waals surface area contributed by atoms with Gasteiger partial charge in [-0.3, -0.25) is 5.32 Å². The molecule has 0 unspecified atom stereocenters. The topological polar surface area (TPSA) is 83.4 Å². The third kappa shape index (κ3) is 4.45. The second-order valence-electron chi connectivity index (χ2n) is 6.56. The summed E-state index contributed by atoms with van der Waals surface area (Å²) in [5.74, 6) is 0. The van der Waals surface area contributed by atoms with Gasteiger partial charge in [0.15, 0.2) is 5.69 Å². The fourth-order valence-electron chi connectivity index (χ4n) is 3.08. The zero-order valence-corrected chi connectivity index (χ0v) is 16.6. The first-order valence-corrected chi connectivity index (χ1v) is 9.65. The molecule has 0 aliphatic carbocycles. The number of carbonyl (C=O) groups excluding carboxylic acids is 1. The molecule has 3 N–H and O–H groups in total. The van der Waals surface area contributed by atoms with Crippen LogP contribution in [0.15, 0.2) is 88.1 Å². The van der Waals surface area contributed by atoms with Gasteiger partial charge in [0.25, 0.3) is 0 Å². The SMILES string of the molecule is O=C(Nc1cccc(Cl)c1)Nc1c(NCc2ccccc2)c2ccccc2oc1=O. The van der Waals surface area contributed by atoms with Crippen molar-refractivity contribution in [2.45, 2.75) is 6.54 Å². The van der Waals surface area contributed by atoms with E-state index in [-0.39, 0.29) is 5.69 Å². The second-order valence-corrected chi connectivity index (χ2v) is 7.00. The smallest absolute Gasteiger partial charge is 0.362 e. The second kappa shape index (κ2) is 8.71. The van der Waals surface area contributed by atoms with Crippen molar-refractivity contribution >= 4 is 45.7 Å². The molecule has 150 valence electrons. The van der Waals surface area contributed by atoms with Crippen LogP contribution in [0.5, 0.6) is 0 Å². The molecule has 1 heterocycles. The number of para-hydroxylation sites is 1. The maximum Gasteiger partial charge on any atom is 0.362 e. The molecule has 4 aromatic rings. The molecule has 0 radical (unpaired) electrons. The number of hydrogen-bond donors (Lipinski definition) is 3. The van der Waals surface area contributed by atoms with Gasteiger partial charge in [-0.2, -0.15) is 0 Å². The first-order valence-electron chi connectivity index (χ1n) is 9.27. The lowest BCUT2D eigenvalue weighted by atomic mass is 10.1. The van der Waals surface area contributed by atoms with E-state index in [9.17, 15) is 9.59 Å². The van der Waals surface area contributed by atoms with Gasteiger partial charge in [-0.15, -0.1) is 0 Å². The molecule has 0 saturated heterocycles. The number of rotatable bonds is 5. The number of nitrogens with one attached hydrogen (secondary N) is 3. The van der Waals surface area contributed by atoms with Gasteiger partial charge in [-0.05, 0) is 35.9 Å². The number of carbonyl (C=O) groups is 1. The molecule has 7 heteroatoms. The lowest BCUT2D eigenvalue weighted by molar-refractivity contribution is 0.262. The van der Waals surface area contributed by atoms with E-state index >= 15 is 0 Å². The van der Waals surface area contributed by atoms with Crippen LogP contribution in [0.2, 0.25) is 5.02 Å². The van der Waals surface area contributed by atoms with Gasteiger partial charge in [0.2, 0.25) is 0 Å². The van der Waals surface area contributed by atoms with Crippen molar-refractivity contribution in [2.24, 2.45) is 0 Å². The van der Waals surface area contributed by atoms with Crippen molar-refractivity contribution in [3.63, 3.8) is 0 Å². The quantitative estimate of drug-likeness (QED) is 0.362. The predicted octanol–water partition coefficient (Wildman–Crippen LogP) is 5.70. The standard InChI is InChI=1S/C23H18ClN3O3/c24-16-9-6-10-17(13-16)26-23(29)27-21-20(25-14-15-7-2-1-3-8-15)18-11-4-5-12-19(18)30-22(21)28/h1-13,25H,14H2,(H2,26,27,29). The molecule has 0 atom stereocenters. The maximum atomic E-state index is 12.6. The largest absolute Gasteiger partial charge is 0.421 e. The minimum atomic E-state index is -0.648. The number of urea groups is 1. The molecule has 0 bridgehead atoms. The van der Waals surface area contributed by atoms with E-state index in [4.69, 9.17) is 16.0 Å². The molecule has 6 nitrogen and oxygen atoms in total. The van der Waals surface area contributed by atoms with Gasteiger partial charge in [-0.1, -0.05) is 60.1 Å². The molecular formula is C23H18ClN3O3. The van der Waals surface area contributed by atoms with Crippen molar-refractivity contribution in [1.29, 1.82) is 0 Å². The van der Waals surface area contributed by atoms with Crippen molar-refractivity contribution in [2.75, 3.05) is 16.0 Å². The molecule has 4 rings (SSSR count). The normalized spacial score (nSPS) is 10.6. The van der Waals surface area contributed by atoms with Crippen LogP contribution in [0, 0.1) is 0 Å².